The molecule has 106 valence electrons. The van der Waals surface area contributed by atoms with Gasteiger partial charge in [0.05, 0.1) is 13.1 Å². The van der Waals surface area contributed by atoms with Crippen molar-refractivity contribution in [1.82, 2.24) is 10.6 Å². The molecule has 1 aliphatic rings. The fraction of sp³-hybridized carbons (Fsp3) is 0.917. The zero-order chi connectivity index (χ0) is 13.6. The third-order valence-electron chi connectivity index (χ3n) is 3.32. The summed E-state index contributed by atoms with van der Waals surface area (Å²) >= 11 is 0. The maximum atomic E-state index is 11.9. The topological polar surface area (TPSA) is 41.1 Å². The Kier molecular flexibility index (Phi) is 5.91. The lowest BCUT2D eigenvalue weighted by Gasteiger charge is -2.23. The molecule has 2 unspecified atom stereocenters. The highest BCUT2D eigenvalue weighted by atomic mass is 19.4. The summed E-state index contributed by atoms with van der Waals surface area (Å²) in [6.45, 7) is 0.683. The Morgan fingerprint density at radius 3 is 2.56 bits per heavy atom. The SMILES string of the molecule is CC1CCCCCC1NC(=O)CNCC(F)(F)F. The fourth-order valence-electron chi connectivity index (χ4n) is 2.28. The minimum atomic E-state index is -4.27. The number of hydrogen-bond donors (Lipinski definition) is 2. The van der Waals surface area contributed by atoms with Crippen molar-refractivity contribution in [2.75, 3.05) is 13.1 Å². The van der Waals surface area contributed by atoms with Gasteiger partial charge in [0.25, 0.3) is 0 Å². The first-order chi connectivity index (χ1) is 8.38. The van der Waals surface area contributed by atoms with E-state index in [1.807, 2.05) is 0 Å². The maximum Gasteiger partial charge on any atom is 0.401 e. The predicted octanol–water partition coefficient (Wildman–Crippen LogP) is 2.22. The highest BCUT2D eigenvalue weighted by Crippen LogP contribution is 2.22. The van der Waals surface area contributed by atoms with E-state index in [-0.39, 0.29) is 18.5 Å². The summed E-state index contributed by atoms with van der Waals surface area (Å²) in [6.07, 6.45) is 1.14. The van der Waals surface area contributed by atoms with Crippen molar-refractivity contribution in [2.24, 2.45) is 5.92 Å². The summed E-state index contributed by atoms with van der Waals surface area (Å²) in [5.74, 6) is 0.0528. The summed E-state index contributed by atoms with van der Waals surface area (Å²) in [7, 11) is 0. The van der Waals surface area contributed by atoms with Crippen LogP contribution in [-0.2, 0) is 4.79 Å². The van der Waals surface area contributed by atoms with E-state index >= 15 is 0 Å². The fourth-order valence-corrected chi connectivity index (χ4v) is 2.28. The first-order valence-electron chi connectivity index (χ1n) is 6.45. The van der Waals surface area contributed by atoms with Crippen molar-refractivity contribution in [1.29, 1.82) is 0 Å². The Labute approximate surface area is 106 Å². The second kappa shape index (κ2) is 6.97. The minimum absolute atomic E-state index is 0.104. The number of nitrogens with one attached hydrogen (secondary N) is 2. The van der Waals surface area contributed by atoms with E-state index in [4.69, 9.17) is 0 Å². The van der Waals surface area contributed by atoms with Gasteiger partial charge in [0.2, 0.25) is 5.91 Å². The normalized spacial score (nSPS) is 25.6. The number of carbonyl (C=O) groups is 1. The third-order valence-corrected chi connectivity index (χ3v) is 3.32. The monoisotopic (exact) mass is 266 g/mol. The zero-order valence-electron chi connectivity index (χ0n) is 10.6. The van der Waals surface area contributed by atoms with Crippen LogP contribution in [0.4, 0.5) is 13.2 Å². The van der Waals surface area contributed by atoms with Crippen LogP contribution >= 0.6 is 0 Å². The summed E-state index contributed by atoms with van der Waals surface area (Å²) in [5, 5.41) is 4.93. The molecule has 0 bridgehead atoms. The highest BCUT2D eigenvalue weighted by molar-refractivity contribution is 5.78. The Morgan fingerprint density at radius 2 is 1.89 bits per heavy atom. The number of amides is 1. The lowest BCUT2D eigenvalue weighted by molar-refractivity contribution is -0.128. The van der Waals surface area contributed by atoms with E-state index in [0.717, 1.165) is 19.3 Å². The lowest BCUT2D eigenvalue weighted by Crippen LogP contribution is -2.44. The molecule has 1 fully saturated rings. The molecule has 0 saturated heterocycles. The zero-order valence-corrected chi connectivity index (χ0v) is 10.6. The van der Waals surface area contributed by atoms with E-state index in [0.29, 0.717) is 5.92 Å². The standard InChI is InChI=1S/C12H21F3N2O/c1-9-5-3-2-4-6-10(9)17-11(18)7-16-8-12(13,14)15/h9-10,16H,2-8H2,1H3,(H,17,18). The molecule has 1 aliphatic carbocycles. The lowest BCUT2D eigenvalue weighted by atomic mass is 9.97. The second-order valence-corrected chi connectivity index (χ2v) is 5.01. The van der Waals surface area contributed by atoms with Gasteiger partial charge in [0.15, 0.2) is 0 Å². The van der Waals surface area contributed by atoms with Gasteiger partial charge in [-0.25, -0.2) is 0 Å². The van der Waals surface area contributed by atoms with Gasteiger partial charge in [-0.3, -0.25) is 4.79 Å². The number of hydrogen-bond acceptors (Lipinski definition) is 2. The van der Waals surface area contributed by atoms with Crippen molar-refractivity contribution < 1.29 is 18.0 Å². The molecule has 6 heteroatoms. The molecular weight excluding hydrogens is 245 g/mol. The van der Waals surface area contributed by atoms with E-state index in [9.17, 15) is 18.0 Å². The molecular formula is C12H21F3N2O. The smallest absolute Gasteiger partial charge is 0.352 e. The highest BCUT2D eigenvalue weighted by Gasteiger charge is 2.27. The van der Waals surface area contributed by atoms with Crippen LogP contribution in [-0.4, -0.2) is 31.2 Å². The first-order valence-corrected chi connectivity index (χ1v) is 6.45. The van der Waals surface area contributed by atoms with Crippen molar-refractivity contribution in [3.8, 4) is 0 Å². The van der Waals surface area contributed by atoms with Crippen molar-refractivity contribution >= 4 is 5.91 Å². The van der Waals surface area contributed by atoms with Gasteiger partial charge in [-0.2, -0.15) is 13.2 Å². The summed E-state index contributed by atoms with van der Waals surface area (Å²) in [6, 6.07) is 0.104. The van der Waals surface area contributed by atoms with E-state index in [2.05, 4.69) is 17.6 Å². The molecule has 2 N–H and O–H groups in total. The summed E-state index contributed by atoms with van der Waals surface area (Å²) in [5.41, 5.74) is 0. The Morgan fingerprint density at radius 1 is 1.22 bits per heavy atom. The van der Waals surface area contributed by atoms with Gasteiger partial charge in [0.1, 0.15) is 0 Å². The van der Waals surface area contributed by atoms with Crippen LogP contribution in [0.25, 0.3) is 0 Å². The van der Waals surface area contributed by atoms with Crippen LogP contribution in [0.1, 0.15) is 39.0 Å². The molecule has 1 amide bonds. The number of rotatable bonds is 4. The third kappa shape index (κ3) is 6.23. The van der Waals surface area contributed by atoms with Gasteiger partial charge < -0.3 is 10.6 Å². The second-order valence-electron chi connectivity index (χ2n) is 5.01. The Bertz CT molecular complexity index is 269. The number of halogens is 3. The molecule has 3 nitrogen and oxygen atoms in total. The molecule has 1 rings (SSSR count). The summed E-state index contributed by atoms with van der Waals surface area (Å²) in [4.78, 5) is 11.5. The molecule has 0 aromatic carbocycles. The number of alkyl halides is 3. The average molecular weight is 266 g/mol. The van der Waals surface area contributed by atoms with E-state index in [1.54, 1.807) is 0 Å². The van der Waals surface area contributed by atoms with E-state index < -0.39 is 12.7 Å². The molecule has 0 heterocycles. The molecule has 0 aromatic rings. The average Bonchev–Trinajstić information content (AvgIpc) is 2.42. The van der Waals surface area contributed by atoms with Gasteiger partial charge in [-0.15, -0.1) is 0 Å². The van der Waals surface area contributed by atoms with Crippen LogP contribution in [0.15, 0.2) is 0 Å². The molecule has 0 aromatic heterocycles. The van der Waals surface area contributed by atoms with Gasteiger partial charge in [-0.05, 0) is 18.8 Å². The van der Waals surface area contributed by atoms with Crippen molar-refractivity contribution in [3.63, 3.8) is 0 Å². The molecule has 1 saturated carbocycles. The van der Waals surface area contributed by atoms with Gasteiger partial charge >= 0.3 is 6.18 Å². The largest absolute Gasteiger partial charge is 0.401 e. The van der Waals surface area contributed by atoms with Crippen LogP contribution < -0.4 is 10.6 Å². The molecule has 0 spiro atoms. The molecule has 0 radical (unpaired) electrons. The first kappa shape index (κ1) is 15.3. The predicted molar refractivity (Wildman–Crippen MR) is 63.1 cm³/mol. The van der Waals surface area contributed by atoms with Crippen molar-refractivity contribution in [2.45, 2.75) is 51.2 Å². The van der Waals surface area contributed by atoms with Crippen LogP contribution in [0, 0.1) is 5.92 Å². The molecule has 0 aliphatic heterocycles. The van der Waals surface area contributed by atoms with Crippen molar-refractivity contribution in [3.05, 3.63) is 0 Å². The quantitative estimate of drug-likeness (QED) is 0.766. The van der Waals surface area contributed by atoms with Crippen LogP contribution in [0.5, 0.6) is 0 Å². The Balaban J connectivity index is 2.26. The Hall–Kier alpha value is -0.780. The molecule has 18 heavy (non-hydrogen) atoms. The maximum absolute atomic E-state index is 11.9. The van der Waals surface area contributed by atoms with Gasteiger partial charge in [-0.1, -0.05) is 26.2 Å². The van der Waals surface area contributed by atoms with Crippen LogP contribution in [0.3, 0.4) is 0 Å². The number of carbonyl (C=O) groups excluding carboxylic acids is 1. The van der Waals surface area contributed by atoms with E-state index in [1.165, 1.54) is 12.8 Å². The molecule has 2 atom stereocenters. The summed E-state index contributed by atoms with van der Waals surface area (Å²) < 4.78 is 35.7. The van der Waals surface area contributed by atoms with Crippen LogP contribution in [0.2, 0.25) is 0 Å². The van der Waals surface area contributed by atoms with Gasteiger partial charge in [0, 0.05) is 6.04 Å². The minimum Gasteiger partial charge on any atom is -0.352 e.